The molecule has 0 spiro atoms. The molecular formula is C16H25N5O2S. The minimum atomic E-state index is -0.202. The molecule has 0 radical (unpaired) electrons. The Morgan fingerprint density at radius 3 is 2.21 bits per heavy atom. The van der Waals surface area contributed by atoms with Gasteiger partial charge in [0.25, 0.3) is 0 Å². The molecule has 0 bridgehead atoms. The van der Waals surface area contributed by atoms with E-state index in [1.807, 2.05) is 19.2 Å². The highest BCUT2D eigenvalue weighted by Gasteiger charge is 2.32. The lowest BCUT2D eigenvalue weighted by atomic mass is 10.1. The van der Waals surface area contributed by atoms with Crippen LogP contribution in [0.2, 0.25) is 0 Å². The van der Waals surface area contributed by atoms with Gasteiger partial charge in [-0.15, -0.1) is 11.3 Å². The van der Waals surface area contributed by atoms with Gasteiger partial charge in [-0.1, -0.05) is 0 Å². The Bertz CT molecular complexity index is 567. The molecule has 1 aromatic rings. The van der Waals surface area contributed by atoms with Crippen LogP contribution in [0.4, 0.5) is 5.13 Å². The van der Waals surface area contributed by atoms with E-state index in [1.165, 1.54) is 11.3 Å². The van der Waals surface area contributed by atoms with Gasteiger partial charge >= 0.3 is 0 Å². The van der Waals surface area contributed by atoms with Gasteiger partial charge in [-0.3, -0.25) is 19.4 Å². The van der Waals surface area contributed by atoms with Crippen LogP contribution >= 0.6 is 11.3 Å². The Balaban J connectivity index is 1.45. The van der Waals surface area contributed by atoms with E-state index in [2.05, 4.69) is 25.4 Å². The lowest BCUT2D eigenvalue weighted by molar-refractivity contribution is -0.128. The summed E-state index contributed by atoms with van der Waals surface area (Å²) in [5, 5.41) is 8.39. The molecule has 7 nitrogen and oxygen atoms in total. The van der Waals surface area contributed by atoms with Gasteiger partial charge in [0.1, 0.15) is 0 Å². The number of nitrogens with zero attached hydrogens (tertiary/aromatic N) is 3. The van der Waals surface area contributed by atoms with Crippen LogP contribution in [0.1, 0.15) is 26.7 Å². The van der Waals surface area contributed by atoms with Gasteiger partial charge in [0.05, 0.1) is 12.1 Å². The molecule has 132 valence electrons. The molecule has 3 rings (SSSR count). The predicted octanol–water partition coefficient (Wildman–Crippen LogP) is 0.755. The van der Waals surface area contributed by atoms with Crippen molar-refractivity contribution in [3.8, 4) is 0 Å². The highest BCUT2D eigenvalue weighted by atomic mass is 32.1. The van der Waals surface area contributed by atoms with Crippen molar-refractivity contribution in [1.82, 2.24) is 20.1 Å². The molecule has 1 aromatic heterocycles. The van der Waals surface area contributed by atoms with Crippen LogP contribution in [-0.4, -0.2) is 70.9 Å². The number of piperazine rings is 1. The first-order chi connectivity index (χ1) is 11.5. The summed E-state index contributed by atoms with van der Waals surface area (Å²) in [6, 6.07) is 0.0923. The van der Waals surface area contributed by atoms with Gasteiger partial charge in [-0.05, 0) is 26.7 Å². The molecule has 1 aliphatic carbocycles. The minimum absolute atomic E-state index is 0.0297. The summed E-state index contributed by atoms with van der Waals surface area (Å²) >= 11 is 1.42. The summed E-state index contributed by atoms with van der Waals surface area (Å²) in [6.07, 6.45) is 3.90. The first-order valence-electron chi connectivity index (χ1n) is 8.53. The Kier molecular flexibility index (Phi) is 5.47. The van der Waals surface area contributed by atoms with Gasteiger partial charge in [0.2, 0.25) is 11.8 Å². The highest BCUT2D eigenvalue weighted by molar-refractivity contribution is 7.13. The Morgan fingerprint density at radius 2 is 1.71 bits per heavy atom. The first kappa shape index (κ1) is 17.3. The van der Waals surface area contributed by atoms with Gasteiger partial charge in [0.15, 0.2) is 5.13 Å². The molecule has 24 heavy (non-hydrogen) atoms. The summed E-state index contributed by atoms with van der Waals surface area (Å²) in [4.78, 5) is 32.9. The molecule has 0 aromatic carbocycles. The number of amides is 2. The van der Waals surface area contributed by atoms with Gasteiger partial charge in [0, 0.05) is 43.8 Å². The standard InChI is InChI=1S/C16H25N5O2S/c1-11(14(22)18-13-3-4-13)20-6-8-21(9-7-20)12(2)15(23)19-16-17-5-10-24-16/h5,10-13H,3-4,6-9H2,1-2H3,(H,18,22)(H,17,19,23). The monoisotopic (exact) mass is 351 g/mol. The number of hydrogen-bond acceptors (Lipinski definition) is 6. The highest BCUT2D eigenvalue weighted by Crippen LogP contribution is 2.19. The van der Waals surface area contributed by atoms with Crippen molar-refractivity contribution in [3.05, 3.63) is 11.6 Å². The number of anilines is 1. The van der Waals surface area contributed by atoms with E-state index in [0.717, 1.165) is 39.0 Å². The lowest BCUT2D eigenvalue weighted by Gasteiger charge is -2.39. The smallest absolute Gasteiger partial charge is 0.243 e. The number of hydrogen-bond donors (Lipinski definition) is 2. The normalized spacial score (nSPS) is 21.9. The van der Waals surface area contributed by atoms with Gasteiger partial charge in [-0.2, -0.15) is 0 Å². The fourth-order valence-electron chi connectivity index (χ4n) is 2.89. The summed E-state index contributed by atoms with van der Waals surface area (Å²) in [6.45, 7) is 7.05. The molecule has 2 aliphatic rings. The van der Waals surface area contributed by atoms with Crippen LogP contribution in [0.15, 0.2) is 11.6 Å². The van der Waals surface area contributed by atoms with E-state index < -0.39 is 0 Å². The van der Waals surface area contributed by atoms with Crippen molar-refractivity contribution in [2.24, 2.45) is 0 Å². The zero-order valence-electron chi connectivity index (χ0n) is 14.2. The van der Waals surface area contributed by atoms with E-state index in [1.54, 1.807) is 6.20 Å². The summed E-state index contributed by atoms with van der Waals surface area (Å²) in [7, 11) is 0. The molecule has 1 saturated carbocycles. The molecule has 2 heterocycles. The van der Waals surface area contributed by atoms with Gasteiger partial charge in [-0.25, -0.2) is 4.98 Å². The largest absolute Gasteiger partial charge is 0.352 e. The predicted molar refractivity (Wildman–Crippen MR) is 94.0 cm³/mol. The number of rotatable bonds is 6. The van der Waals surface area contributed by atoms with Crippen LogP contribution in [0.25, 0.3) is 0 Å². The maximum Gasteiger partial charge on any atom is 0.243 e. The Morgan fingerprint density at radius 1 is 1.12 bits per heavy atom. The van der Waals surface area contributed by atoms with E-state index in [0.29, 0.717) is 11.2 Å². The zero-order valence-corrected chi connectivity index (χ0v) is 15.0. The van der Waals surface area contributed by atoms with Crippen LogP contribution in [-0.2, 0) is 9.59 Å². The van der Waals surface area contributed by atoms with Crippen molar-refractivity contribution < 1.29 is 9.59 Å². The average molecular weight is 351 g/mol. The molecule has 2 unspecified atom stereocenters. The molecule has 2 fully saturated rings. The fourth-order valence-corrected chi connectivity index (χ4v) is 3.42. The molecule has 1 saturated heterocycles. The molecule has 2 atom stereocenters. The SMILES string of the molecule is CC(C(=O)Nc1nccs1)N1CCN(C(C)C(=O)NC2CC2)CC1. The molecule has 2 amide bonds. The summed E-state index contributed by atoms with van der Waals surface area (Å²) in [5.41, 5.74) is 0. The maximum atomic E-state index is 12.3. The number of carbonyl (C=O) groups is 2. The van der Waals surface area contributed by atoms with Crippen LogP contribution in [0, 0.1) is 0 Å². The summed E-state index contributed by atoms with van der Waals surface area (Å²) < 4.78 is 0. The fraction of sp³-hybridized carbons (Fsp3) is 0.688. The molecule has 8 heteroatoms. The number of carbonyl (C=O) groups excluding carboxylic acids is 2. The third kappa shape index (κ3) is 4.31. The number of nitrogens with one attached hydrogen (secondary N) is 2. The average Bonchev–Trinajstić information content (AvgIpc) is 3.26. The van der Waals surface area contributed by atoms with Crippen LogP contribution in [0.3, 0.4) is 0 Å². The lowest BCUT2D eigenvalue weighted by Crippen LogP contribution is -2.57. The van der Waals surface area contributed by atoms with Crippen LogP contribution < -0.4 is 10.6 Å². The minimum Gasteiger partial charge on any atom is -0.352 e. The second-order valence-corrected chi connectivity index (χ2v) is 7.43. The van der Waals surface area contributed by atoms with Crippen molar-refractivity contribution in [3.63, 3.8) is 0 Å². The van der Waals surface area contributed by atoms with E-state index in [4.69, 9.17) is 0 Å². The maximum absolute atomic E-state index is 12.3. The van der Waals surface area contributed by atoms with E-state index >= 15 is 0 Å². The molecule has 1 aliphatic heterocycles. The molecule has 2 N–H and O–H groups in total. The quantitative estimate of drug-likeness (QED) is 0.791. The van der Waals surface area contributed by atoms with Crippen molar-refractivity contribution >= 4 is 28.3 Å². The zero-order chi connectivity index (χ0) is 17.1. The second-order valence-electron chi connectivity index (χ2n) is 6.53. The van der Waals surface area contributed by atoms with E-state index in [-0.39, 0.29) is 23.9 Å². The van der Waals surface area contributed by atoms with Crippen molar-refractivity contribution in [2.45, 2.75) is 44.8 Å². The van der Waals surface area contributed by atoms with Crippen LogP contribution in [0.5, 0.6) is 0 Å². The Hall–Kier alpha value is -1.51. The van der Waals surface area contributed by atoms with Gasteiger partial charge < -0.3 is 10.6 Å². The third-order valence-electron chi connectivity index (χ3n) is 4.79. The van der Waals surface area contributed by atoms with E-state index in [9.17, 15) is 9.59 Å². The first-order valence-corrected chi connectivity index (χ1v) is 9.41. The summed E-state index contributed by atoms with van der Waals surface area (Å²) in [5.74, 6) is 0.0958. The molecular weight excluding hydrogens is 326 g/mol. The number of aromatic nitrogens is 1. The topological polar surface area (TPSA) is 77.6 Å². The van der Waals surface area contributed by atoms with Crippen molar-refractivity contribution in [1.29, 1.82) is 0 Å². The van der Waals surface area contributed by atoms with Crippen molar-refractivity contribution in [2.75, 3.05) is 31.5 Å². The second kappa shape index (κ2) is 7.58. The Labute approximate surface area is 146 Å². The third-order valence-corrected chi connectivity index (χ3v) is 5.48. The number of thiazole rings is 1.